The molecule has 1 unspecified atom stereocenters. The second kappa shape index (κ2) is 4.50. The number of hydrogen-bond acceptors (Lipinski definition) is 1. The first kappa shape index (κ1) is 11.2. The molecule has 0 amide bonds. The van der Waals surface area contributed by atoms with Crippen LogP contribution in [0.5, 0.6) is 0 Å². The number of benzene rings is 2. The van der Waals surface area contributed by atoms with E-state index in [0.29, 0.717) is 5.92 Å². The molecule has 96 valence electrons. The number of nitrogens with one attached hydrogen (secondary N) is 1. The quantitative estimate of drug-likeness (QED) is 0.810. The summed E-state index contributed by atoms with van der Waals surface area (Å²) in [4.78, 5) is 0. The predicted molar refractivity (Wildman–Crippen MR) is 79.3 cm³/mol. The molecule has 0 radical (unpaired) electrons. The summed E-state index contributed by atoms with van der Waals surface area (Å²) in [7, 11) is 0. The van der Waals surface area contributed by atoms with Crippen LogP contribution in [0, 0.1) is 5.92 Å². The molecule has 1 heterocycles. The van der Waals surface area contributed by atoms with Crippen molar-refractivity contribution in [1.29, 1.82) is 0 Å². The van der Waals surface area contributed by atoms with Gasteiger partial charge in [0.25, 0.3) is 0 Å². The summed E-state index contributed by atoms with van der Waals surface area (Å²) in [5, 5.41) is 3.57. The van der Waals surface area contributed by atoms with Crippen molar-refractivity contribution >= 4 is 0 Å². The fraction of sp³-hybridized carbons (Fsp3) is 0.333. The van der Waals surface area contributed by atoms with E-state index in [1.54, 1.807) is 0 Å². The van der Waals surface area contributed by atoms with E-state index in [0.717, 1.165) is 12.5 Å². The molecule has 0 bridgehead atoms. The average Bonchev–Trinajstić information content (AvgIpc) is 2.83. The van der Waals surface area contributed by atoms with Crippen molar-refractivity contribution in [3.8, 4) is 11.1 Å². The molecule has 2 aromatic rings. The third-order valence-corrected chi connectivity index (χ3v) is 4.69. The minimum atomic E-state index is 0.597. The molecule has 19 heavy (non-hydrogen) atoms. The first-order valence-electron chi connectivity index (χ1n) is 7.34. The van der Waals surface area contributed by atoms with Crippen LogP contribution in [0.15, 0.2) is 48.5 Å². The monoisotopic (exact) mass is 249 g/mol. The molecule has 1 N–H and O–H groups in total. The molecule has 1 saturated heterocycles. The Morgan fingerprint density at radius 3 is 2.05 bits per heavy atom. The highest BCUT2D eigenvalue weighted by molar-refractivity contribution is 5.78. The first-order valence-corrected chi connectivity index (χ1v) is 7.34. The Morgan fingerprint density at radius 2 is 1.47 bits per heavy atom. The zero-order chi connectivity index (χ0) is 12.7. The number of rotatable bonds is 1. The van der Waals surface area contributed by atoms with Crippen molar-refractivity contribution in [1.82, 2.24) is 5.32 Å². The van der Waals surface area contributed by atoms with Gasteiger partial charge in [-0.25, -0.2) is 0 Å². The Balaban J connectivity index is 1.86. The molecule has 1 aliphatic carbocycles. The second-order valence-electron chi connectivity index (χ2n) is 5.76. The summed E-state index contributed by atoms with van der Waals surface area (Å²) in [6, 6.07) is 17.9. The molecular formula is C18H19N. The van der Waals surface area contributed by atoms with Gasteiger partial charge in [-0.3, -0.25) is 0 Å². The van der Waals surface area contributed by atoms with Crippen molar-refractivity contribution in [2.45, 2.75) is 18.8 Å². The average molecular weight is 249 g/mol. The zero-order valence-electron chi connectivity index (χ0n) is 11.1. The lowest BCUT2D eigenvalue weighted by Crippen LogP contribution is -2.33. The van der Waals surface area contributed by atoms with Crippen LogP contribution in [0.3, 0.4) is 0 Å². The third kappa shape index (κ3) is 1.73. The van der Waals surface area contributed by atoms with E-state index in [9.17, 15) is 0 Å². The summed E-state index contributed by atoms with van der Waals surface area (Å²) in [6.07, 6.45) is 2.66. The molecule has 1 nitrogen and oxygen atoms in total. The van der Waals surface area contributed by atoms with E-state index in [1.807, 2.05) is 0 Å². The van der Waals surface area contributed by atoms with E-state index in [2.05, 4.69) is 53.8 Å². The number of piperidine rings is 1. The lowest BCUT2D eigenvalue weighted by atomic mass is 9.80. The molecule has 2 aromatic carbocycles. The SMILES string of the molecule is c1ccc2c(c1)-c1ccccc1C2C1CCCNC1. The van der Waals surface area contributed by atoms with Gasteiger partial charge in [-0.15, -0.1) is 0 Å². The molecular weight excluding hydrogens is 230 g/mol. The van der Waals surface area contributed by atoms with Crippen molar-refractivity contribution in [2.24, 2.45) is 5.92 Å². The van der Waals surface area contributed by atoms with Crippen LogP contribution in [-0.2, 0) is 0 Å². The van der Waals surface area contributed by atoms with Gasteiger partial charge in [0.2, 0.25) is 0 Å². The van der Waals surface area contributed by atoms with Gasteiger partial charge in [0.1, 0.15) is 0 Å². The maximum atomic E-state index is 3.57. The van der Waals surface area contributed by atoms with Crippen LogP contribution >= 0.6 is 0 Å². The molecule has 0 saturated carbocycles. The van der Waals surface area contributed by atoms with Crippen molar-refractivity contribution in [3.63, 3.8) is 0 Å². The van der Waals surface area contributed by atoms with Gasteiger partial charge in [0.05, 0.1) is 0 Å². The van der Waals surface area contributed by atoms with E-state index in [1.165, 1.54) is 41.6 Å². The first-order chi connectivity index (χ1) is 9.45. The highest BCUT2D eigenvalue weighted by atomic mass is 14.9. The zero-order valence-corrected chi connectivity index (χ0v) is 11.1. The van der Waals surface area contributed by atoms with E-state index in [-0.39, 0.29) is 0 Å². The molecule has 2 aliphatic rings. The fourth-order valence-corrected chi connectivity index (χ4v) is 3.87. The molecule has 4 rings (SSSR count). The Morgan fingerprint density at radius 1 is 0.842 bits per heavy atom. The Hall–Kier alpha value is -1.60. The maximum absolute atomic E-state index is 3.57. The second-order valence-corrected chi connectivity index (χ2v) is 5.76. The third-order valence-electron chi connectivity index (χ3n) is 4.69. The lowest BCUT2D eigenvalue weighted by Gasteiger charge is -2.29. The molecule has 1 fully saturated rings. The minimum Gasteiger partial charge on any atom is -0.316 e. The Labute approximate surface area is 114 Å². The molecule has 1 atom stereocenters. The van der Waals surface area contributed by atoms with Crippen LogP contribution in [0.1, 0.15) is 29.9 Å². The summed E-state index contributed by atoms with van der Waals surface area (Å²) in [5.41, 5.74) is 5.98. The van der Waals surface area contributed by atoms with Gasteiger partial charge >= 0.3 is 0 Å². The van der Waals surface area contributed by atoms with E-state index < -0.39 is 0 Å². The van der Waals surface area contributed by atoms with Gasteiger partial charge in [-0.2, -0.15) is 0 Å². The fourth-order valence-electron chi connectivity index (χ4n) is 3.87. The van der Waals surface area contributed by atoms with Crippen LogP contribution in [0.2, 0.25) is 0 Å². The summed E-state index contributed by atoms with van der Waals surface area (Å²) in [5.74, 6) is 1.35. The summed E-state index contributed by atoms with van der Waals surface area (Å²) >= 11 is 0. The molecule has 0 aromatic heterocycles. The predicted octanol–water partition coefficient (Wildman–Crippen LogP) is 3.80. The van der Waals surface area contributed by atoms with Crippen molar-refractivity contribution < 1.29 is 0 Å². The standard InChI is InChI=1S/C18H19N/c1-3-9-16-14(7-1)15-8-2-4-10-17(15)18(16)13-6-5-11-19-12-13/h1-4,7-10,13,18-19H,5-6,11-12H2. The minimum absolute atomic E-state index is 0.597. The van der Waals surface area contributed by atoms with Gasteiger partial charge < -0.3 is 5.32 Å². The maximum Gasteiger partial charge on any atom is 0.0142 e. The molecule has 1 heteroatoms. The van der Waals surface area contributed by atoms with E-state index >= 15 is 0 Å². The summed E-state index contributed by atoms with van der Waals surface area (Å²) < 4.78 is 0. The lowest BCUT2D eigenvalue weighted by molar-refractivity contribution is 0.349. The molecule has 0 spiro atoms. The van der Waals surface area contributed by atoms with Crippen molar-refractivity contribution in [3.05, 3.63) is 59.7 Å². The van der Waals surface area contributed by atoms with Crippen LogP contribution < -0.4 is 5.32 Å². The number of fused-ring (bicyclic) bond motifs is 3. The highest BCUT2D eigenvalue weighted by Crippen LogP contribution is 2.49. The van der Waals surface area contributed by atoms with E-state index in [4.69, 9.17) is 0 Å². The largest absolute Gasteiger partial charge is 0.316 e. The van der Waals surface area contributed by atoms with Crippen molar-refractivity contribution in [2.75, 3.05) is 13.1 Å². The highest BCUT2D eigenvalue weighted by Gasteiger charge is 2.34. The molecule has 1 aliphatic heterocycles. The van der Waals surface area contributed by atoms with Crippen LogP contribution in [0.4, 0.5) is 0 Å². The van der Waals surface area contributed by atoms with Crippen LogP contribution in [-0.4, -0.2) is 13.1 Å². The number of hydrogen-bond donors (Lipinski definition) is 1. The van der Waals surface area contributed by atoms with Gasteiger partial charge in [0, 0.05) is 5.92 Å². The van der Waals surface area contributed by atoms with Gasteiger partial charge in [-0.1, -0.05) is 48.5 Å². The topological polar surface area (TPSA) is 12.0 Å². The smallest absolute Gasteiger partial charge is 0.0142 e. The van der Waals surface area contributed by atoms with Gasteiger partial charge in [-0.05, 0) is 54.1 Å². The normalized spacial score (nSPS) is 22.0. The van der Waals surface area contributed by atoms with Gasteiger partial charge in [0.15, 0.2) is 0 Å². The van der Waals surface area contributed by atoms with Crippen LogP contribution in [0.25, 0.3) is 11.1 Å². The summed E-state index contributed by atoms with van der Waals surface area (Å²) in [6.45, 7) is 2.35. The Kier molecular flexibility index (Phi) is 2.66. The Bertz CT molecular complexity index is 551.